The van der Waals surface area contributed by atoms with Gasteiger partial charge in [-0.15, -0.1) is 0 Å². The third kappa shape index (κ3) is 5.28. The third-order valence-corrected chi connectivity index (χ3v) is 4.87. The number of nitrogens with one attached hydrogen (secondary N) is 2. The Morgan fingerprint density at radius 1 is 1.35 bits per heavy atom. The first kappa shape index (κ1) is 17.9. The van der Waals surface area contributed by atoms with E-state index >= 15 is 0 Å². The molecule has 0 fully saturated rings. The molecule has 0 aliphatic carbocycles. The van der Waals surface area contributed by atoms with Crippen LogP contribution >= 0.6 is 11.6 Å². The molecule has 0 amide bonds. The fourth-order valence-electron chi connectivity index (χ4n) is 1.77. The van der Waals surface area contributed by atoms with E-state index in [2.05, 4.69) is 20.2 Å². The summed E-state index contributed by atoms with van der Waals surface area (Å²) in [5.74, 6) is 0.891. The molecule has 1 unspecified atom stereocenters. The minimum atomic E-state index is -3.19. The lowest BCUT2D eigenvalue weighted by atomic mass is 10.2. The SMILES string of the molecule is CCS(=O)(=O)NCC(C)NCc1nc(-c2ccccc2Cl)no1. The highest BCUT2D eigenvalue weighted by molar-refractivity contribution is 7.89. The molecule has 0 spiro atoms. The van der Waals surface area contributed by atoms with Crippen molar-refractivity contribution in [2.45, 2.75) is 26.4 Å². The van der Waals surface area contributed by atoms with E-state index in [-0.39, 0.29) is 11.8 Å². The highest BCUT2D eigenvalue weighted by Crippen LogP contribution is 2.24. The van der Waals surface area contributed by atoms with Crippen molar-refractivity contribution < 1.29 is 12.9 Å². The molecule has 1 aromatic heterocycles. The monoisotopic (exact) mass is 358 g/mol. The Labute approximate surface area is 140 Å². The largest absolute Gasteiger partial charge is 0.338 e. The van der Waals surface area contributed by atoms with Gasteiger partial charge in [0.05, 0.1) is 17.3 Å². The Hall–Kier alpha value is -1.48. The molecule has 0 saturated heterocycles. The Bertz CT molecular complexity index is 748. The molecule has 0 saturated carbocycles. The number of hydrogen-bond donors (Lipinski definition) is 2. The topological polar surface area (TPSA) is 97.1 Å². The minimum Gasteiger partial charge on any atom is -0.338 e. The molecule has 1 atom stereocenters. The van der Waals surface area contributed by atoms with E-state index in [1.165, 1.54) is 0 Å². The summed E-state index contributed by atoms with van der Waals surface area (Å²) in [5.41, 5.74) is 0.702. The lowest BCUT2D eigenvalue weighted by Crippen LogP contribution is -2.39. The first-order valence-corrected chi connectivity index (χ1v) is 9.22. The molecule has 23 heavy (non-hydrogen) atoms. The Kier molecular flexibility index (Phi) is 6.11. The summed E-state index contributed by atoms with van der Waals surface area (Å²) < 4.78 is 30.4. The van der Waals surface area contributed by atoms with Gasteiger partial charge >= 0.3 is 0 Å². The average molecular weight is 359 g/mol. The van der Waals surface area contributed by atoms with Gasteiger partial charge in [-0.25, -0.2) is 13.1 Å². The number of aromatic nitrogens is 2. The standard InChI is InChI=1S/C14H19ClN4O3S/c1-3-23(20,21)17-8-10(2)16-9-13-18-14(19-22-13)11-6-4-5-7-12(11)15/h4-7,10,16-17H,3,8-9H2,1-2H3. The van der Waals surface area contributed by atoms with Crippen molar-refractivity contribution in [2.75, 3.05) is 12.3 Å². The van der Waals surface area contributed by atoms with Gasteiger partial charge < -0.3 is 9.84 Å². The second-order valence-corrected chi connectivity index (χ2v) is 7.53. The predicted octanol–water partition coefficient (Wildman–Crippen LogP) is 1.81. The quantitative estimate of drug-likeness (QED) is 0.747. The van der Waals surface area contributed by atoms with Gasteiger partial charge in [-0.05, 0) is 26.0 Å². The molecular weight excluding hydrogens is 340 g/mol. The zero-order valence-electron chi connectivity index (χ0n) is 12.9. The van der Waals surface area contributed by atoms with Gasteiger partial charge in [-0.3, -0.25) is 0 Å². The Morgan fingerprint density at radius 2 is 2.09 bits per heavy atom. The Balaban J connectivity index is 1.89. The molecule has 2 rings (SSSR count). The van der Waals surface area contributed by atoms with Crippen molar-refractivity contribution in [1.82, 2.24) is 20.2 Å². The zero-order chi connectivity index (χ0) is 16.9. The number of benzene rings is 1. The molecule has 0 bridgehead atoms. The van der Waals surface area contributed by atoms with Crippen LogP contribution in [0.3, 0.4) is 0 Å². The number of rotatable bonds is 8. The van der Waals surface area contributed by atoms with E-state index in [1.807, 2.05) is 25.1 Å². The van der Waals surface area contributed by atoms with Gasteiger partial charge in [0.1, 0.15) is 0 Å². The van der Waals surface area contributed by atoms with E-state index in [9.17, 15) is 8.42 Å². The van der Waals surface area contributed by atoms with Crippen LogP contribution in [0.1, 0.15) is 19.7 Å². The molecule has 0 radical (unpaired) electrons. The highest BCUT2D eigenvalue weighted by Gasteiger charge is 2.13. The first-order chi connectivity index (χ1) is 10.9. The fourth-order valence-corrected chi connectivity index (χ4v) is 2.69. The van der Waals surface area contributed by atoms with Crippen LogP contribution in [0.2, 0.25) is 5.02 Å². The van der Waals surface area contributed by atoms with Crippen LogP contribution in [-0.2, 0) is 16.6 Å². The van der Waals surface area contributed by atoms with Crippen molar-refractivity contribution in [2.24, 2.45) is 0 Å². The number of halogens is 1. The molecule has 7 nitrogen and oxygen atoms in total. The van der Waals surface area contributed by atoms with E-state index in [4.69, 9.17) is 16.1 Å². The van der Waals surface area contributed by atoms with Crippen molar-refractivity contribution in [1.29, 1.82) is 0 Å². The van der Waals surface area contributed by atoms with Crippen LogP contribution in [-0.4, -0.2) is 36.9 Å². The van der Waals surface area contributed by atoms with Crippen LogP contribution in [0.25, 0.3) is 11.4 Å². The number of hydrogen-bond acceptors (Lipinski definition) is 6. The second-order valence-electron chi connectivity index (χ2n) is 5.03. The van der Waals surface area contributed by atoms with Crippen molar-refractivity contribution in [3.05, 3.63) is 35.2 Å². The molecule has 1 aromatic carbocycles. The highest BCUT2D eigenvalue weighted by atomic mass is 35.5. The number of nitrogens with zero attached hydrogens (tertiary/aromatic N) is 2. The lowest BCUT2D eigenvalue weighted by Gasteiger charge is -2.12. The van der Waals surface area contributed by atoms with Crippen molar-refractivity contribution >= 4 is 21.6 Å². The predicted molar refractivity (Wildman–Crippen MR) is 88.5 cm³/mol. The van der Waals surface area contributed by atoms with Crippen LogP contribution in [0, 0.1) is 0 Å². The first-order valence-electron chi connectivity index (χ1n) is 7.19. The van der Waals surface area contributed by atoms with Gasteiger partial charge in [0.15, 0.2) is 0 Å². The van der Waals surface area contributed by atoms with Crippen LogP contribution in [0.5, 0.6) is 0 Å². The maximum absolute atomic E-state index is 11.4. The zero-order valence-corrected chi connectivity index (χ0v) is 14.5. The van der Waals surface area contributed by atoms with Crippen LogP contribution < -0.4 is 10.0 Å². The summed E-state index contributed by atoms with van der Waals surface area (Å²) in [6, 6.07) is 7.16. The van der Waals surface area contributed by atoms with E-state index in [1.54, 1.807) is 13.0 Å². The Morgan fingerprint density at radius 3 is 2.78 bits per heavy atom. The summed E-state index contributed by atoms with van der Waals surface area (Å²) in [5, 5.41) is 7.57. The van der Waals surface area contributed by atoms with Crippen LogP contribution in [0.4, 0.5) is 0 Å². The molecule has 2 aromatic rings. The summed E-state index contributed by atoms with van der Waals surface area (Å²) in [6.45, 7) is 4.09. The van der Waals surface area contributed by atoms with Crippen LogP contribution in [0.15, 0.2) is 28.8 Å². The van der Waals surface area contributed by atoms with Crippen molar-refractivity contribution in [3.63, 3.8) is 0 Å². The minimum absolute atomic E-state index is 0.0601. The molecule has 2 N–H and O–H groups in total. The van der Waals surface area contributed by atoms with Gasteiger partial charge in [-0.1, -0.05) is 28.9 Å². The second kappa shape index (κ2) is 7.87. The summed E-state index contributed by atoms with van der Waals surface area (Å²) in [7, 11) is -3.19. The summed E-state index contributed by atoms with van der Waals surface area (Å²) >= 11 is 6.09. The van der Waals surface area contributed by atoms with Gasteiger partial charge in [-0.2, -0.15) is 4.98 Å². The summed E-state index contributed by atoms with van der Waals surface area (Å²) in [6.07, 6.45) is 0. The molecular formula is C14H19ClN4O3S. The van der Waals surface area contributed by atoms with Gasteiger partial charge in [0.2, 0.25) is 21.7 Å². The van der Waals surface area contributed by atoms with E-state index < -0.39 is 10.0 Å². The van der Waals surface area contributed by atoms with E-state index in [0.717, 1.165) is 0 Å². The smallest absolute Gasteiger partial charge is 0.240 e. The number of sulfonamides is 1. The maximum Gasteiger partial charge on any atom is 0.240 e. The molecule has 0 aliphatic heterocycles. The molecule has 126 valence electrons. The van der Waals surface area contributed by atoms with E-state index in [0.29, 0.717) is 35.4 Å². The molecule has 0 aliphatic rings. The molecule has 9 heteroatoms. The van der Waals surface area contributed by atoms with Gasteiger partial charge in [0.25, 0.3) is 0 Å². The van der Waals surface area contributed by atoms with Crippen molar-refractivity contribution in [3.8, 4) is 11.4 Å². The fraction of sp³-hybridized carbons (Fsp3) is 0.429. The van der Waals surface area contributed by atoms with Gasteiger partial charge in [0, 0.05) is 18.2 Å². The maximum atomic E-state index is 11.4. The molecule has 1 heterocycles. The normalized spacial score (nSPS) is 13.2. The summed E-state index contributed by atoms with van der Waals surface area (Å²) in [4.78, 5) is 4.27. The third-order valence-electron chi connectivity index (χ3n) is 3.17. The lowest BCUT2D eigenvalue weighted by molar-refractivity contribution is 0.359. The average Bonchev–Trinajstić information content (AvgIpc) is 3.00.